The molecular weight excluding hydrogens is 507 g/mol. The molecule has 168 valence electrons. The van der Waals surface area contributed by atoms with Crippen molar-refractivity contribution in [2.24, 2.45) is 4.99 Å². The Morgan fingerprint density at radius 1 is 1.10 bits per heavy atom. The van der Waals surface area contributed by atoms with E-state index in [2.05, 4.69) is 20.3 Å². The van der Waals surface area contributed by atoms with Crippen molar-refractivity contribution in [1.82, 2.24) is 15.4 Å². The fourth-order valence-corrected chi connectivity index (χ4v) is 3.45. The quantitative estimate of drug-likeness (QED) is 0.144. The third kappa shape index (κ3) is 12.4. The zero-order valence-corrected chi connectivity index (χ0v) is 20.7. The monoisotopic (exact) mass is 542 g/mol. The molecule has 0 unspecified atom stereocenters. The van der Waals surface area contributed by atoms with Gasteiger partial charge in [-0.2, -0.15) is 0 Å². The molecule has 0 spiro atoms. The van der Waals surface area contributed by atoms with Gasteiger partial charge in [0, 0.05) is 40.0 Å². The number of hydrogen-bond acceptors (Lipinski definition) is 5. The second-order valence-electron chi connectivity index (χ2n) is 6.06. The lowest BCUT2D eigenvalue weighted by atomic mass is 10.2. The zero-order valence-electron chi connectivity index (χ0n) is 17.6. The first-order chi connectivity index (χ1) is 13.5. The van der Waals surface area contributed by atoms with E-state index in [-0.39, 0.29) is 35.4 Å². The number of sulfonamides is 1. The molecule has 0 bridgehead atoms. The van der Waals surface area contributed by atoms with Gasteiger partial charge in [0.15, 0.2) is 5.96 Å². The predicted molar refractivity (Wildman–Crippen MR) is 127 cm³/mol. The van der Waals surface area contributed by atoms with E-state index in [4.69, 9.17) is 9.47 Å². The Labute approximate surface area is 192 Å². The highest BCUT2D eigenvalue weighted by molar-refractivity contribution is 14.0. The van der Waals surface area contributed by atoms with Gasteiger partial charge in [0.2, 0.25) is 10.0 Å². The van der Waals surface area contributed by atoms with E-state index in [0.717, 1.165) is 44.7 Å². The molecule has 0 aliphatic rings. The summed E-state index contributed by atoms with van der Waals surface area (Å²) in [7, 11) is -2.02. The largest absolute Gasteiger partial charge is 0.383 e. The molecule has 1 aromatic rings. The number of hydrogen-bond donors (Lipinski definition) is 3. The third-order valence-corrected chi connectivity index (χ3v) is 5.24. The van der Waals surface area contributed by atoms with Gasteiger partial charge in [0.25, 0.3) is 0 Å². The lowest BCUT2D eigenvalue weighted by molar-refractivity contribution is 0.143. The van der Waals surface area contributed by atoms with E-state index in [1.165, 1.54) is 7.11 Å². The number of aliphatic imine (C=N–C) groups is 1. The van der Waals surface area contributed by atoms with Gasteiger partial charge in [-0.15, -0.1) is 24.0 Å². The number of halogens is 1. The fourth-order valence-electron chi connectivity index (χ4n) is 2.36. The second kappa shape index (κ2) is 16.8. The molecule has 10 heteroatoms. The van der Waals surface area contributed by atoms with Crippen LogP contribution in [0, 0.1) is 0 Å². The van der Waals surface area contributed by atoms with Crippen LogP contribution >= 0.6 is 24.0 Å². The SMILES string of the molecule is CCNC(=NCc1cccc(S(=O)(=O)NCCOC)c1)NCCCCOCC.I. The molecule has 29 heavy (non-hydrogen) atoms. The highest BCUT2D eigenvalue weighted by atomic mass is 127. The van der Waals surface area contributed by atoms with Gasteiger partial charge in [-0.05, 0) is 44.4 Å². The molecule has 1 rings (SSSR count). The van der Waals surface area contributed by atoms with Gasteiger partial charge in [-0.3, -0.25) is 0 Å². The van der Waals surface area contributed by atoms with Gasteiger partial charge in [-0.25, -0.2) is 18.1 Å². The lowest BCUT2D eigenvalue weighted by Crippen LogP contribution is -2.37. The predicted octanol–water partition coefficient (Wildman–Crippen LogP) is 2.10. The van der Waals surface area contributed by atoms with Crippen LogP contribution in [0.15, 0.2) is 34.2 Å². The van der Waals surface area contributed by atoms with Gasteiger partial charge in [0.1, 0.15) is 0 Å². The van der Waals surface area contributed by atoms with E-state index < -0.39 is 10.0 Å². The Morgan fingerprint density at radius 2 is 1.90 bits per heavy atom. The van der Waals surface area contributed by atoms with Crippen LogP contribution in [0.4, 0.5) is 0 Å². The van der Waals surface area contributed by atoms with Crippen LogP contribution in [0.5, 0.6) is 0 Å². The van der Waals surface area contributed by atoms with Crippen molar-refractivity contribution in [3.8, 4) is 0 Å². The molecule has 3 N–H and O–H groups in total. The number of nitrogens with one attached hydrogen (secondary N) is 3. The molecule has 8 nitrogen and oxygen atoms in total. The van der Waals surface area contributed by atoms with Crippen molar-refractivity contribution in [1.29, 1.82) is 0 Å². The minimum atomic E-state index is -3.55. The summed E-state index contributed by atoms with van der Waals surface area (Å²) in [6, 6.07) is 6.81. The van der Waals surface area contributed by atoms with Crippen molar-refractivity contribution in [2.45, 2.75) is 38.1 Å². The standard InChI is InChI=1S/C19H34N4O4S.HI/c1-4-20-19(21-11-6-7-13-27-5-2)22-16-17-9-8-10-18(15-17)28(24,25)23-12-14-26-3;/h8-10,15,23H,4-7,11-14,16H2,1-3H3,(H2,20,21,22);1H. The van der Waals surface area contributed by atoms with Crippen LogP contribution in [-0.4, -0.2) is 60.9 Å². The van der Waals surface area contributed by atoms with Gasteiger partial charge >= 0.3 is 0 Å². The summed E-state index contributed by atoms with van der Waals surface area (Å²) < 4.78 is 37.3. The summed E-state index contributed by atoms with van der Waals surface area (Å²) in [6.45, 7) is 8.01. The summed E-state index contributed by atoms with van der Waals surface area (Å²) in [6.07, 6.45) is 1.99. The molecule has 0 aromatic heterocycles. The number of rotatable bonds is 14. The maximum absolute atomic E-state index is 12.3. The Morgan fingerprint density at radius 3 is 2.59 bits per heavy atom. The number of ether oxygens (including phenoxy) is 2. The fraction of sp³-hybridized carbons (Fsp3) is 0.632. The molecule has 0 saturated heterocycles. The van der Waals surface area contributed by atoms with E-state index in [9.17, 15) is 8.42 Å². The Hall–Kier alpha value is -0.950. The highest BCUT2D eigenvalue weighted by Gasteiger charge is 2.13. The molecule has 0 fully saturated rings. The van der Waals surface area contributed by atoms with Gasteiger partial charge in [-0.1, -0.05) is 12.1 Å². The summed E-state index contributed by atoms with van der Waals surface area (Å²) in [5, 5.41) is 6.48. The van der Waals surface area contributed by atoms with Gasteiger partial charge < -0.3 is 20.1 Å². The maximum Gasteiger partial charge on any atom is 0.240 e. The smallest absolute Gasteiger partial charge is 0.240 e. The topological polar surface area (TPSA) is 101 Å². The first-order valence-electron chi connectivity index (χ1n) is 9.71. The average Bonchev–Trinajstić information content (AvgIpc) is 2.69. The first kappa shape index (κ1) is 28.1. The van der Waals surface area contributed by atoms with Crippen LogP contribution in [-0.2, 0) is 26.0 Å². The average molecular weight is 542 g/mol. The van der Waals surface area contributed by atoms with Crippen molar-refractivity contribution in [3.63, 3.8) is 0 Å². The summed E-state index contributed by atoms with van der Waals surface area (Å²) in [4.78, 5) is 4.77. The molecule has 0 aliphatic carbocycles. The van der Waals surface area contributed by atoms with Crippen LogP contribution in [0.25, 0.3) is 0 Å². The number of unbranched alkanes of at least 4 members (excludes halogenated alkanes) is 1. The maximum atomic E-state index is 12.3. The van der Waals surface area contributed by atoms with E-state index in [0.29, 0.717) is 19.1 Å². The van der Waals surface area contributed by atoms with Crippen molar-refractivity contribution in [2.75, 3.05) is 46.6 Å². The molecule has 0 amide bonds. The summed E-state index contributed by atoms with van der Waals surface area (Å²) >= 11 is 0. The first-order valence-corrected chi connectivity index (χ1v) is 11.2. The van der Waals surface area contributed by atoms with Crippen molar-refractivity contribution < 1.29 is 17.9 Å². The molecular formula is C19H35IN4O4S. The number of guanidine groups is 1. The summed E-state index contributed by atoms with van der Waals surface area (Å²) in [5.74, 6) is 0.713. The van der Waals surface area contributed by atoms with Crippen molar-refractivity contribution >= 4 is 40.0 Å². The zero-order chi connectivity index (χ0) is 20.7. The third-order valence-electron chi connectivity index (χ3n) is 3.78. The lowest BCUT2D eigenvalue weighted by Gasteiger charge is -2.12. The van der Waals surface area contributed by atoms with Crippen LogP contribution in [0.2, 0.25) is 0 Å². The van der Waals surface area contributed by atoms with Crippen LogP contribution in [0.1, 0.15) is 32.3 Å². The van der Waals surface area contributed by atoms with Crippen LogP contribution in [0.3, 0.4) is 0 Å². The Balaban J connectivity index is 0.00000784. The van der Waals surface area contributed by atoms with Crippen molar-refractivity contribution in [3.05, 3.63) is 29.8 Å². The highest BCUT2D eigenvalue weighted by Crippen LogP contribution is 2.12. The van der Waals surface area contributed by atoms with Gasteiger partial charge in [0.05, 0.1) is 18.0 Å². The molecule has 0 radical (unpaired) electrons. The molecule has 1 aromatic carbocycles. The number of methoxy groups -OCH3 is 1. The number of benzene rings is 1. The minimum Gasteiger partial charge on any atom is -0.383 e. The van der Waals surface area contributed by atoms with E-state index in [1.807, 2.05) is 19.9 Å². The number of nitrogens with zero attached hydrogens (tertiary/aromatic N) is 1. The normalized spacial score (nSPS) is 11.8. The molecule has 0 atom stereocenters. The Bertz CT molecular complexity index is 687. The molecule has 0 saturated carbocycles. The second-order valence-corrected chi connectivity index (χ2v) is 7.83. The van der Waals surface area contributed by atoms with E-state index in [1.54, 1.807) is 18.2 Å². The summed E-state index contributed by atoms with van der Waals surface area (Å²) in [5.41, 5.74) is 0.822. The van der Waals surface area contributed by atoms with E-state index >= 15 is 0 Å². The molecule has 0 heterocycles. The van der Waals surface area contributed by atoms with Crippen LogP contribution < -0.4 is 15.4 Å². The Kier molecular flexibility index (Phi) is 16.3. The molecule has 0 aliphatic heterocycles. The minimum absolute atomic E-state index is 0.